The Bertz CT molecular complexity index is 687. The molecule has 0 atom stereocenters. The normalized spacial score (nSPS) is 11.0. The highest BCUT2D eigenvalue weighted by molar-refractivity contribution is 5.47. The lowest BCUT2D eigenvalue weighted by molar-refractivity contribution is -0.137. The highest BCUT2D eigenvalue weighted by atomic mass is 19.4. The van der Waals surface area contributed by atoms with Gasteiger partial charge >= 0.3 is 6.18 Å². The van der Waals surface area contributed by atoms with Crippen LogP contribution in [0.25, 0.3) is 0 Å². The van der Waals surface area contributed by atoms with E-state index in [1.807, 2.05) is 6.07 Å². The second kappa shape index (κ2) is 5.83. The van der Waals surface area contributed by atoms with Gasteiger partial charge in [0.2, 0.25) is 0 Å². The predicted octanol–water partition coefficient (Wildman–Crippen LogP) is 4.33. The van der Waals surface area contributed by atoms with Crippen molar-refractivity contribution in [3.05, 3.63) is 65.0 Å². The van der Waals surface area contributed by atoms with Crippen LogP contribution >= 0.6 is 0 Å². The molecule has 0 heterocycles. The van der Waals surface area contributed by atoms with Crippen LogP contribution in [0.3, 0.4) is 0 Å². The van der Waals surface area contributed by atoms with Gasteiger partial charge in [-0.05, 0) is 35.9 Å². The Kier molecular flexibility index (Phi) is 4.13. The second-order valence-corrected chi connectivity index (χ2v) is 4.36. The van der Waals surface area contributed by atoms with Gasteiger partial charge in [0.1, 0.15) is 5.82 Å². The van der Waals surface area contributed by atoms with Crippen molar-refractivity contribution >= 4 is 5.69 Å². The van der Waals surface area contributed by atoms with Gasteiger partial charge in [0.25, 0.3) is 0 Å². The summed E-state index contributed by atoms with van der Waals surface area (Å²) in [5, 5.41) is 11.5. The fourth-order valence-electron chi connectivity index (χ4n) is 1.78. The van der Waals surface area contributed by atoms with Gasteiger partial charge in [0, 0.05) is 6.54 Å². The van der Waals surface area contributed by atoms with Crippen molar-refractivity contribution in [1.29, 1.82) is 5.26 Å². The molecule has 0 aliphatic heterocycles. The highest BCUT2D eigenvalue weighted by Gasteiger charge is 2.31. The third kappa shape index (κ3) is 3.72. The van der Waals surface area contributed by atoms with E-state index in [2.05, 4.69) is 5.32 Å². The Labute approximate surface area is 118 Å². The molecule has 0 amide bonds. The molecule has 0 unspecified atom stereocenters. The molecule has 2 aromatic rings. The maximum atomic E-state index is 13.6. The molecular weight excluding hydrogens is 284 g/mol. The van der Waals surface area contributed by atoms with E-state index in [0.29, 0.717) is 11.6 Å². The van der Waals surface area contributed by atoms with E-state index in [0.717, 1.165) is 17.7 Å². The van der Waals surface area contributed by atoms with Crippen LogP contribution in [-0.2, 0) is 12.7 Å². The lowest BCUT2D eigenvalue weighted by atomic mass is 10.1. The average molecular weight is 294 g/mol. The summed E-state index contributed by atoms with van der Waals surface area (Å²) in [7, 11) is 0. The summed E-state index contributed by atoms with van der Waals surface area (Å²) in [6.45, 7) is 0.206. The molecule has 6 heteroatoms. The number of hydrogen-bond acceptors (Lipinski definition) is 2. The highest BCUT2D eigenvalue weighted by Crippen LogP contribution is 2.31. The number of nitriles is 1. The summed E-state index contributed by atoms with van der Waals surface area (Å²) in [5.74, 6) is -0.971. The summed E-state index contributed by atoms with van der Waals surface area (Å²) < 4.78 is 50.9. The SMILES string of the molecule is N#Cc1cccc(CNc2ccc(C(F)(F)F)cc2F)c1. The third-order valence-corrected chi connectivity index (χ3v) is 2.84. The van der Waals surface area contributed by atoms with E-state index < -0.39 is 17.6 Å². The molecule has 2 rings (SSSR count). The summed E-state index contributed by atoms with van der Waals surface area (Å²) >= 11 is 0. The number of rotatable bonds is 3. The molecule has 0 spiro atoms. The monoisotopic (exact) mass is 294 g/mol. The number of nitrogens with one attached hydrogen (secondary N) is 1. The first-order valence-corrected chi connectivity index (χ1v) is 6.00. The van der Waals surface area contributed by atoms with Crippen molar-refractivity contribution in [2.45, 2.75) is 12.7 Å². The van der Waals surface area contributed by atoms with E-state index in [9.17, 15) is 17.6 Å². The van der Waals surface area contributed by atoms with Crippen molar-refractivity contribution in [3.8, 4) is 6.07 Å². The maximum Gasteiger partial charge on any atom is 0.416 e. The Morgan fingerprint density at radius 3 is 2.48 bits per heavy atom. The van der Waals surface area contributed by atoms with Gasteiger partial charge in [-0.15, -0.1) is 0 Å². The predicted molar refractivity (Wildman–Crippen MR) is 69.9 cm³/mol. The summed E-state index contributed by atoms with van der Waals surface area (Å²) in [4.78, 5) is 0. The fourth-order valence-corrected chi connectivity index (χ4v) is 1.78. The van der Waals surface area contributed by atoms with Crippen LogP contribution in [0.5, 0.6) is 0 Å². The lowest BCUT2D eigenvalue weighted by Crippen LogP contribution is -2.07. The first-order chi connectivity index (χ1) is 9.90. The minimum atomic E-state index is -4.57. The topological polar surface area (TPSA) is 35.8 Å². The van der Waals surface area contributed by atoms with Crippen molar-refractivity contribution in [2.75, 3.05) is 5.32 Å². The smallest absolute Gasteiger partial charge is 0.379 e. The Morgan fingerprint density at radius 2 is 1.86 bits per heavy atom. The van der Waals surface area contributed by atoms with E-state index >= 15 is 0 Å². The van der Waals surface area contributed by atoms with Gasteiger partial charge in [0.05, 0.1) is 22.9 Å². The summed E-state index contributed by atoms with van der Waals surface area (Å²) in [6, 6.07) is 10.9. The lowest BCUT2D eigenvalue weighted by Gasteiger charge is -2.11. The van der Waals surface area contributed by atoms with Gasteiger partial charge < -0.3 is 5.32 Å². The molecule has 108 valence electrons. The Morgan fingerprint density at radius 1 is 1.10 bits per heavy atom. The first-order valence-electron chi connectivity index (χ1n) is 6.00. The summed E-state index contributed by atoms with van der Waals surface area (Å²) in [5.41, 5.74) is 0.137. The first kappa shape index (κ1) is 14.9. The van der Waals surface area contributed by atoms with Gasteiger partial charge in [-0.2, -0.15) is 18.4 Å². The van der Waals surface area contributed by atoms with E-state index in [4.69, 9.17) is 5.26 Å². The van der Waals surface area contributed by atoms with Gasteiger partial charge in [0.15, 0.2) is 0 Å². The van der Waals surface area contributed by atoms with Crippen LogP contribution in [0.1, 0.15) is 16.7 Å². The Hall–Kier alpha value is -2.55. The minimum absolute atomic E-state index is 0.0228. The molecule has 0 aliphatic carbocycles. The molecule has 21 heavy (non-hydrogen) atoms. The van der Waals surface area contributed by atoms with E-state index in [1.165, 1.54) is 0 Å². The van der Waals surface area contributed by atoms with Crippen LogP contribution in [-0.4, -0.2) is 0 Å². The van der Waals surface area contributed by atoms with Crippen molar-refractivity contribution < 1.29 is 17.6 Å². The average Bonchev–Trinajstić information content (AvgIpc) is 2.45. The molecule has 2 aromatic carbocycles. The molecular formula is C15H10F4N2. The number of nitrogens with zero attached hydrogens (tertiary/aromatic N) is 1. The largest absolute Gasteiger partial charge is 0.416 e. The molecule has 1 N–H and O–H groups in total. The van der Waals surface area contributed by atoms with Crippen LogP contribution in [0.2, 0.25) is 0 Å². The standard InChI is InChI=1S/C15H10F4N2/c16-13-7-12(15(17,18)19)4-5-14(13)21-9-11-3-1-2-10(6-11)8-20/h1-7,21H,9H2. The quantitative estimate of drug-likeness (QED) is 0.855. The fraction of sp³-hybridized carbons (Fsp3) is 0.133. The van der Waals surface area contributed by atoms with Crippen LogP contribution in [0.15, 0.2) is 42.5 Å². The number of anilines is 1. The van der Waals surface area contributed by atoms with Gasteiger partial charge in [-0.1, -0.05) is 12.1 Å². The number of hydrogen-bond donors (Lipinski definition) is 1. The number of halogens is 4. The minimum Gasteiger partial charge on any atom is -0.379 e. The van der Waals surface area contributed by atoms with Gasteiger partial charge in [-0.25, -0.2) is 4.39 Å². The zero-order valence-corrected chi connectivity index (χ0v) is 10.7. The molecule has 0 fully saturated rings. The van der Waals surface area contributed by atoms with Crippen molar-refractivity contribution in [2.24, 2.45) is 0 Å². The van der Waals surface area contributed by atoms with Crippen LogP contribution < -0.4 is 5.32 Å². The van der Waals surface area contributed by atoms with Crippen LogP contribution in [0, 0.1) is 17.1 Å². The third-order valence-electron chi connectivity index (χ3n) is 2.84. The second-order valence-electron chi connectivity index (χ2n) is 4.36. The molecule has 0 saturated heterocycles. The van der Waals surface area contributed by atoms with Gasteiger partial charge in [-0.3, -0.25) is 0 Å². The summed E-state index contributed by atoms with van der Waals surface area (Å²) in [6.07, 6.45) is -4.57. The van der Waals surface area contributed by atoms with Crippen LogP contribution in [0.4, 0.5) is 23.2 Å². The van der Waals surface area contributed by atoms with E-state index in [1.54, 1.807) is 24.3 Å². The molecule has 0 saturated carbocycles. The number of alkyl halides is 3. The molecule has 0 bridgehead atoms. The molecule has 0 aromatic heterocycles. The zero-order valence-electron chi connectivity index (χ0n) is 10.7. The zero-order chi connectivity index (χ0) is 15.5. The van der Waals surface area contributed by atoms with Crippen molar-refractivity contribution in [3.63, 3.8) is 0 Å². The maximum absolute atomic E-state index is 13.6. The molecule has 0 radical (unpaired) electrons. The molecule has 2 nitrogen and oxygen atoms in total. The van der Waals surface area contributed by atoms with Crippen molar-refractivity contribution in [1.82, 2.24) is 0 Å². The Balaban J connectivity index is 2.12. The molecule has 0 aliphatic rings. The number of benzene rings is 2. The van der Waals surface area contributed by atoms with E-state index in [-0.39, 0.29) is 12.2 Å².